The lowest BCUT2D eigenvalue weighted by atomic mass is 10.1. The van der Waals surface area contributed by atoms with E-state index in [1.807, 2.05) is 19.9 Å². The van der Waals surface area contributed by atoms with Crippen molar-refractivity contribution in [3.05, 3.63) is 54.1 Å². The van der Waals surface area contributed by atoms with Gasteiger partial charge in [-0.1, -0.05) is 19.9 Å². The summed E-state index contributed by atoms with van der Waals surface area (Å²) in [4.78, 5) is 8.78. The average Bonchev–Trinajstić information content (AvgIpc) is 2.46. The summed E-state index contributed by atoms with van der Waals surface area (Å²) in [5, 5.41) is 10.8. The van der Waals surface area contributed by atoms with Crippen molar-refractivity contribution in [2.24, 2.45) is 0 Å². The number of aromatic hydroxyl groups is 1. The van der Waals surface area contributed by atoms with Crippen LogP contribution in [0.1, 0.15) is 25.5 Å². The summed E-state index contributed by atoms with van der Waals surface area (Å²) in [6, 6.07) is 9.76. The molecule has 1 N–H and O–H groups in total. The Morgan fingerprint density at radius 3 is 2.62 bits per heavy atom. The minimum Gasteiger partial charge on any atom is -0.506 e. The lowest BCUT2D eigenvalue weighted by molar-refractivity contribution is 0.460. The fourth-order valence-electron chi connectivity index (χ4n) is 2.31. The van der Waals surface area contributed by atoms with E-state index in [-0.39, 0.29) is 17.5 Å². The van der Waals surface area contributed by atoms with Crippen LogP contribution in [0.25, 0.3) is 22.2 Å². The van der Waals surface area contributed by atoms with Gasteiger partial charge in [0.15, 0.2) is 0 Å². The van der Waals surface area contributed by atoms with E-state index in [2.05, 4.69) is 9.97 Å². The molecule has 0 bridgehead atoms. The van der Waals surface area contributed by atoms with Crippen molar-refractivity contribution in [3.8, 4) is 17.0 Å². The maximum atomic E-state index is 13.2. The summed E-state index contributed by atoms with van der Waals surface area (Å²) >= 11 is 0. The van der Waals surface area contributed by atoms with Crippen molar-refractivity contribution in [1.82, 2.24) is 9.97 Å². The van der Waals surface area contributed by atoms with Gasteiger partial charge in [0, 0.05) is 17.1 Å². The van der Waals surface area contributed by atoms with Crippen molar-refractivity contribution in [3.63, 3.8) is 0 Å². The molecule has 0 radical (unpaired) electrons. The molecule has 3 aromatic rings. The smallest absolute Gasteiger partial charge is 0.138 e. The second-order valence-electron chi connectivity index (χ2n) is 5.32. The van der Waals surface area contributed by atoms with Gasteiger partial charge >= 0.3 is 0 Å². The van der Waals surface area contributed by atoms with Crippen LogP contribution in [-0.4, -0.2) is 15.1 Å². The van der Waals surface area contributed by atoms with E-state index in [4.69, 9.17) is 0 Å². The van der Waals surface area contributed by atoms with Crippen molar-refractivity contribution >= 4 is 10.9 Å². The quantitative estimate of drug-likeness (QED) is 0.763. The first-order valence-electron chi connectivity index (χ1n) is 6.80. The van der Waals surface area contributed by atoms with Crippen molar-refractivity contribution in [2.45, 2.75) is 19.8 Å². The highest BCUT2D eigenvalue weighted by Crippen LogP contribution is 2.28. The third-order valence-electron chi connectivity index (χ3n) is 3.39. The fourth-order valence-corrected chi connectivity index (χ4v) is 2.31. The molecule has 0 saturated carbocycles. The number of nitrogens with zero attached hydrogens (tertiary/aromatic N) is 2. The topological polar surface area (TPSA) is 46.0 Å². The molecule has 0 amide bonds. The SMILES string of the molecule is CC(C)c1ncc(-c2ccc3cc(F)ccc3n2)cc1O. The van der Waals surface area contributed by atoms with Gasteiger partial charge < -0.3 is 5.11 Å². The Bertz CT molecular complexity index is 815. The van der Waals surface area contributed by atoms with Crippen LogP contribution in [0.2, 0.25) is 0 Å². The first-order valence-corrected chi connectivity index (χ1v) is 6.80. The van der Waals surface area contributed by atoms with Crippen LogP contribution < -0.4 is 0 Å². The number of rotatable bonds is 2. The molecule has 2 heterocycles. The van der Waals surface area contributed by atoms with Gasteiger partial charge in [-0.05, 0) is 36.2 Å². The summed E-state index contributed by atoms with van der Waals surface area (Å²) in [5.41, 5.74) is 2.82. The Morgan fingerprint density at radius 2 is 1.90 bits per heavy atom. The molecule has 0 fully saturated rings. The number of halogens is 1. The molecule has 0 atom stereocenters. The highest BCUT2D eigenvalue weighted by molar-refractivity contribution is 5.81. The zero-order valence-electron chi connectivity index (χ0n) is 11.8. The molecule has 3 nitrogen and oxygen atoms in total. The van der Waals surface area contributed by atoms with E-state index >= 15 is 0 Å². The maximum Gasteiger partial charge on any atom is 0.138 e. The first-order chi connectivity index (χ1) is 10.0. The van der Waals surface area contributed by atoms with Crippen LogP contribution in [0.4, 0.5) is 4.39 Å². The highest BCUT2D eigenvalue weighted by Gasteiger charge is 2.10. The lowest BCUT2D eigenvalue weighted by Crippen LogP contribution is -1.94. The zero-order chi connectivity index (χ0) is 15.0. The fraction of sp³-hybridized carbons (Fsp3) is 0.176. The predicted octanol–water partition coefficient (Wildman–Crippen LogP) is 4.26. The minimum absolute atomic E-state index is 0.159. The van der Waals surface area contributed by atoms with E-state index in [0.717, 1.165) is 10.9 Å². The van der Waals surface area contributed by atoms with Gasteiger partial charge in [-0.25, -0.2) is 9.37 Å². The summed E-state index contributed by atoms with van der Waals surface area (Å²) in [7, 11) is 0. The summed E-state index contributed by atoms with van der Waals surface area (Å²) in [6.07, 6.45) is 1.70. The Labute approximate surface area is 122 Å². The third kappa shape index (κ3) is 2.57. The lowest BCUT2D eigenvalue weighted by Gasteiger charge is -2.09. The molecule has 0 aliphatic rings. The number of aromatic nitrogens is 2. The van der Waals surface area contributed by atoms with Gasteiger partial charge in [-0.2, -0.15) is 0 Å². The molecule has 21 heavy (non-hydrogen) atoms. The minimum atomic E-state index is -0.280. The summed E-state index contributed by atoms with van der Waals surface area (Å²) in [5.74, 6) is 0.0488. The highest BCUT2D eigenvalue weighted by atomic mass is 19.1. The molecule has 0 aliphatic carbocycles. The van der Waals surface area contributed by atoms with E-state index < -0.39 is 0 Å². The van der Waals surface area contributed by atoms with Crippen LogP contribution in [0.5, 0.6) is 5.75 Å². The molecular formula is C17H15FN2O. The molecule has 2 aromatic heterocycles. The Kier molecular flexibility index (Phi) is 3.29. The van der Waals surface area contributed by atoms with Gasteiger partial charge in [-0.15, -0.1) is 0 Å². The normalized spacial score (nSPS) is 11.2. The van der Waals surface area contributed by atoms with Gasteiger partial charge in [0.1, 0.15) is 11.6 Å². The van der Waals surface area contributed by atoms with Crippen LogP contribution in [-0.2, 0) is 0 Å². The molecule has 0 aliphatic heterocycles. The monoisotopic (exact) mass is 282 g/mol. The van der Waals surface area contributed by atoms with E-state index in [1.54, 1.807) is 24.4 Å². The van der Waals surface area contributed by atoms with Gasteiger partial charge in [0.05, 0.1) is 16.9 Å². The Morgan fingerprint density at radius 1 is 1.10 bits per heavy atom. The average molecular weight is 282 g/mol. The third-order valence-corrected chi connectivity index (χ3v) is 3.39. The molecule has 3 rings (SSSR count). The van der Waals surface area contributed by atoms with Crippen LogP contribution >= 0.6 is 0 Å². The Hall–Kier alpha value is -2.49. The van der Waals surface area contributed by atoms with Gasteiger partial charge in [0.25, 0.3) is 0 Å². The molecule has 4 heteroatoms. The molecular weight excluding hydrogens is 267 g/mol. The molecule has 106 valence electrons. The molecule has 0 unspecified atom stereocenters. The van der Waals surface area contributed by atoms with Crippen molar-refractivity contribution in [1.29, 1.82) is 0 Å². The van der Waals surface area contributed by atoms with Gasteiger partial charge in [0.2, 0.25) is 0 Å². The maximum absolute atomic E-state index is 13.2. The number of pyridine rings is 2. The Balaban J connectivity index is 2.08. The van der Waals surface area contributed by atoms with E-state index in [9.17, 15) is 9.50 Å². The summed E-state index contributed by atoms with van der Waals surface area (Å²) in [6.45, 7) is 3.95. The number of hydrogen-bond acceptors (Lipinski definition) is 3. The standard InChI is InChI=1S/C17H15FN2O/c1-10(2)17-16(21)8-12(9-19-17)15-5-3-11-7-13(18)4-6-14(11)20-15/h3-10,21H,1-2H3. The number of fused-ring (bicyclic) bond motifs is 1. The van der Waals surface area contributed by atoms with E-state index in [0.29, 0.717) is 16.9 Å². The zero-order valence-corrected chi connectivity index (χ0v) is 11.8. The molecule has 0 saturated heterocycles. The van der Waals surface area contributed by atoms with Crippen LogP contribution in [0.3, 0.4) is 0 Å². The second-order valence-corrected chi connectivity index (χ2v) is 5.32. The molecule has 1 aromatic carbocycles. The van der Waals surface area contributed by atoms with Crippen molar-refractivity contribution in [2.75, 3.05) is 0 Å². The van der Waals surface area contributed by atoms with Gasteiger partial charge in [-0.3, -0.25) is 4.98 Å². The first kappa shape index (κ1) is 13.5. The second kappa shape index (κ2) is 5.13. The van der Waals surface area contributed by atoms with Crippen LogP contribution in [0, 0.1) is 5.82 Å². The predicted molar refractivity (Wildman–Crippen MR) is 80.7 cm³/mol. The number of hydrogen-bond donors (Lipinski definition) is 1. The number of benzene rings is 1. The van der Waals surface area contributed by atoms with Crippen LogP contribution in [0.15, 0.2) is 42.6 Å². The molecule has 0 spiro atoms. The summed E-state index contributed by atoms with van der Waals surface area (Å²) < 4.78 is 13.2. The van der Waals surface area contributed by atoms with Crippen molar-refractivity contribution < 1.29 is 9.50 Å². The largest absolute Gasteiger partial charge is 0.506 e. The van der Waals surface area contributed by atoms with E-state index in [1.165, 1.54) is 12.1 Å².